The third-order valence-electron chi connectivity index (χ3n) is 0.903. The third-order valence-corrected chi connectivity index (χ3v) is 0.903. The Bertz CT molecular complexity index is 99.9. The van der Waals surface area contributed by atoms with E-state index in [1.807, 2.05) is 0 Å². The fourth-order valence-corrected chi connectivity index (χ4v) is 0.565. The van der Waals surface area contributed by atoms with Gasteiger partial charge in [0.15, 0.2) is 0 Å². The van der Waals surface area contributed by atoms with Gasteiger partial charge in [-0.3, -0.25) is 4.79 Å². The maximum atomic E-state index is 10.1. The summed E-state index contributed by atoms with van der Waals surface area (Å²) in [5, 5.41) is 2.68. The maximum absolute atomic E-state index is 10.1. The summed E-state index contributed by atoms with van der Waals surface area (Å²) >= 11 is -1.33. The van der Waals surface area contributed by atoms with Crippen LogP contribution in [0.1, 0.15) is 12.8 Å². The van der Waals surface area contributed by atoms with Gasteiger partial charge in [0.1, 0.15) is 0 Å². The number of carbonyl (C=O) groups excluding carboxylic acids is 1. The molecular weight excluding hydrogens is 240 g/mol. The molecule has 6 heteroatoms. The second-order valence-corrected chi connectivity index (χ2v) is 7.08. The number of halogens is 3. The molecule has 1 heterocycles. The molecule has 0 aliphatic carbocycles. The normalized spacial score (nSPS) is 17.1. The molecule has 0 aromatic carbocycles. The Morgan fingerprint density at radius 3 is 2.00 bits per heavy atom. The number of nitrogens with one attached hydrogen (secondary N) is 1. The first-order valence-corrected chi connectivity index (χ1v) is 7.12. The van der Waals surface area contributed by atoms with Crippen molar-refractivity contribution in [2.75, 3.05) is 6.54 Å². The molecule has 0 saturated carbocycles. The summed E-state index contributed by atoms with van der Waals surface area (Å²) in [6.07, 6.45) is 1.76. The molecule has 0 aromatic heterocycles. The van der Waals surface area contributed by atoms with Gasteiger partial charge in [0, 0.05) is 13.0 Å². The first kappa shape index (κ1) is 10.9. The summed E-state index contributed by atoms with van der Waals surface area (Å²) in [7, 11) is 14.7. The standard InChI is InChI=1S/C4H7NO.3ClH.Fe/c6-4-2-1-3-5-4;;;;/h1-3H2,(H,5,6);3*1H;/q;;;;+3/p-3. The van der Waals surface area contributed by atoms with E-state index >= 15 is 0 Å². The summed E-state index contributed by atoms with van der Waals surface area (Å²) in [5.41, 5.74) is 0. The first-order chi connectivity index (χ1) is 4.63. The van der Waals surface area contributed by atoms with Crippen LogP contribution in [0.15, 0.2) is 0 Å². The quantitative estimate of drug-likeness (QED) is 0.651. The summed E-state index contributed by atoms with van der Waals surface area (Å²) in [6.45, 7) is 0.888. The summed E-state index contributed by atoms with van der Waals surface area (Å²) in [4.78, 5) is 10.1. The zero-order chi connectivity index (χ0) is 7.98. The predicted octanol–water partition coefficient (Wildman–Crippen LogP) is 1.96. The van der Waals surface area contributed by atoms with Crippen LogP contribution in [-0.2, 0) is 16.0 Å². The van der Waals surface area contributed by atoms with E-state index in [0.29, 0.717) is 0 Å². The molecule has 1 saturated heterocycles. The summed E-state index contributed by atoms with van der Waals surface area (Å²) < 4.78 is 0. The van der Waals surface area contributed by atoms with Gasteiger partial charge < -0.3 is 5.32 Å². The molecule has 1 aliphatic heterocycles. The summed E-state index contributed by atoms with van der Waals surface area (Å²) in [6, 6.07) is 0. The molecule has 1 aliphatic rings. The van der Waals surface area contributed by atoms with E-state index in [9.17, 15) is 4.79 Å². The monoisotopic (exact) mass is 246 g/mol. The van der Waals surface area contributed by atoms with Crippen molar-refractivity contribution in [1.82, 2.24) is 5.32 Å². The molecule has 0 aromatic rings. The molecule has 1 rings (SSSR count). The van der Waals surface area contributed by atoms with Gasteiger partial charge in [-0.1, -0.05) is 0 Å². The molecule has 1 N–H and O–H groups in total. The molecular formula is C4H7Cl3FeNO. The van der Waals surface area contributed by atoms with Crippen LogP contribution in [0.3, 0.4) is 0 Å². The van der Waals surface area contributed by atoms with E-state index in [0.717, 1.165) is 19.4 Å². The average molecular weight is 247 g/mol. The Morgan fingerprint density at radius 1 is 1.40 bits per heavy atom. The fraction of sp³-hybridized carbons (Fsp3) is 0.750. The zero-order valence-electron chi connectivity index (χ0n) is 5.02. The van der Waals surface area contributed by atoms with Crippen molar-refractivity contribution >= 4 is 36.2 Å². The van der Waals surface area contributed by atoms with Crippen LogP contribution >= 0.6 is 30.3 Å². The fourth-order valence-electron chi connectivity index (χ4n) is 0.565. The Hall–Kier alpha value is 0.859. The minimum atomic E-state index is -1.33. The van der Waals surface area contributed by atoms with Crippen LogP contribution in [0.5, 0.6) is 0 Å². The molecule has 10 heavy (non-hydrogen) atoms. The van der Waals surface area contributed by atoms with E-state index in [1.54, 1.807) is 0 Å². The van der Waals surface area contributed by atoms with Crippen molar-refractivity contribution in [3.05, 3.63) is 0 Å². The van der Waals surface area contributed by atoms with Crippen LogP contribution in [0.2, 0.25) is 0 Å². The number of amides is 1. The number of rotatable bonds is 0. The molecule has 63 valence electrons. The van der Waals surface area contributed by atoms with E-state index in [2.05, 4.69) is 5.32 Å². The Balaban J connectivity index is 0.000000180. The molecule has 0 bridgehead atoms. The van der Waals surface area contributed by atoms with Crippen molar-refractivity contribution < 1.29 is 16.0 Å². The second kappa shape index (κ2) is 6.56. The molecule has 2 nitrogen and oxygen atoms in total. The number of hydrogen-bond acceptors (Lipinski definition) is 1. The van der Waals surface area contributed by atoms with Crippen LogP contribution in [0, 0.1) is 0 Å². The second-order valence-electron chi connectivity index (χ2n) is 1.61. The molecule has 0 spiro atoms. The summed E-state index contributed by atoms with van der Waals surface area (Å²) in [5.74, 6) is 0.204. The van der Waals surface area contributed by atoms with Gasteiger partial charge in [-0.05, 0) is 6.42 Å². The predicted molar refractivity (Wildman–Crippen MR) is 39.8 cm³/mol. The van der Waals surface area contributed by atoms with Gasteiger partial charge in [-0.2, -0.15) is 0 Å². The van der Waals surface area contributed by atoms with Gasteiger partial charge in [0.25, 0.3) is 0 Å². The van der Waals surface area contributed by atoms with Gasteiger partial charge in [-0.15, -0.1) is 0 Å². The van der Waals surface area contributed by atoms with E-state index in [-0.39, 0.29) is 5.91 Å². The zero-order valence-corrected chi connectivity index (χ0v) is 8.39. The van der Waals surface area contributed by atoms with E-state index < -0.39 is 11.2 Å². The first-order valence-electron chi connectivity index (χ1n) is 2.56. The van der Waals surface area contributed by atoms with Gasteiger partial charge in [0.2, 0.25) is 5.91 Å². The Labute approximate surface area is 76.8 Å². The SMILES string of the molecule is O=C1CCCN1.[Cl][Fe]([Cl])[Cl]. The van der Waals surface area contributed by atoms with Gasteiger partial charge in [0.05, 0.1) is 0 Å². The molecule has 1 amide bonds. The average Bonchev–Trinajstić information content (AvgIpc) is 2.15. The van der Waals surface area contributed by atoms with Crippen molar-refractivity contribution in [2.45, 2.75) is 12.8 Å². The van der Waals surface area contributed by atoms with Crippen molar-refractivity contribution in [3.8, 4) is 0 Å². The molecule has 0 unspecified atom stereocenters. The van der Waals surface area contributed by atoms with Crippen LogP contribution in [-0.4, -0.2) is 12.5 Å². The molecule has 1 fully saturated rings. The number of carbonyl (C=O) groups is 1. The van der Waals surface area contributed by atoms with Crippen molar-refractivity contribution in [1.29, 1.82) is 0 Å². The third kappa shape index (κ3) is 8.86. The van der Waals surface area contributed by atoms with Gasteiger partial charge in [-0.25, -0.2) is 0 Å². The van der Waals surface area contributed by atoms with Crippen molar-refractivity contribution in [3.63, 3.8) is 0 Å². The molecule has 0 radical (unpaired) electrons. The van der Waals surface area contributed by atoms with E-state index in [4.69, 9.17) is 30.3 Å². The van der Waals surface area contributed by atoms with E-state index in [1.165, 1.54) is 0 Å². The minimum absolute atomic E-state index is 0.204. The number of hydrogen-bond donors (Lipinski definition) is 1. The Morgan fingerprint density at radius 2 is 1.90 bits per heavy atom. The molecule has 0 atom stereocenters. The van der Waals surface area contributed by atoms with Crippen molar-refractivity contribution in [2.24, 2.45) is 0 Å². The Kier molecular flexibility index (Phi) is 7.13. The van der Waals surface area contributed by atoms with Crippen LogP contribution in [0.4, 0.5) is 0 Å². The van der Waals surface area contributed by atoms with Crippen LogP contribution in [0.25, 0.3) is 0 Å². The van der Waals surface area contributed by atoms with Crippen LogP contribution < -0.4 is 5.32 Å². The van der Waals surface area contributed by atoms with Gasteiger partial charge >= 0.3 is 41.5 Å². The topological polar surface area (TPSA) is 29.1 Å².